The molecule has 0 aliphatic rings. The highest BCUT2D eigenvalue weighted by Gasteiger charge is 2.19. The van der Waals surface area contributed by atoms with Crippen LogP contribution in [0.15, 0.2) is 60.7 Å². The van der Waals surface area contributed by atoms with Crippen LogP contribution in [0.1, 0.15) is 26.7 Å². The molecule has 2 aromatic rings. The molecule has 2 aromatic carbocycles. The minimum absolute atomic E-state index is 0.0241. The molecule has 0 aliphatic heterocycles. The van der Waals surface area contributed by atoms with Crippen molar-refractivity contribution in [1.82, 2.24) is 0 Å². The number of rotatable bonds is 7. The van der Waals surface area contributed by atoms with Crippen LogP contribution in [0.4, 0.5) is 11.4 Å². The zero-order valence-corrected chi connectivity index (χ0v) is 14.2. The van der Waals surface area contributed by atoms with Gasteiger partial charge in [0, 0.05) is 24.2 Å². The fourth-order valence-corrected chi connectivity index (χ4v) is 2.45. The van der Waals surface area contributed by atoms with Gasteiger partial charge < -0.3 is 10.6 Å². The van der Waals surface area contributed by atoms with Crippen LogP contribution in [0.2, 0.25) is 0 Å². The van der Waals surface area contributed by atoms with Gasteiger partial charge in [-0.1, -0.05) is 50.2 Å². The Morgan fingerprint density at radius 2 is 1.04 bits per heavy atom. The molecule has 0 aromatic heterocycles. The van der Waals surface area contributed by atoms with Crippen molar-refractivity contribution < 1.29 is 9.59 Å². The molecular weight excluding hydrogens is 300 g/mol. The van der Waals surface area contributed by atoms with Crippen molar-refractivity contribution in [2.24, 2.45) is 11.8 Å². The van der Waals surface area contributed by atoms with E-state index in [4.69, 9.17) is 0 Å². The standard InChI is InChI=1S/C20H24N2O2/c1-15(13-19(23)21-17-9-5-3-6-10-17)16(2)14-20(24)22-18-11-7-4-8-12-18/h3-12,15-16H,13-14H2,1-2H3,(H,21,23)(H,22,24). The number of hydrogen-bond donors (Lipinski definition) is 2. The van der Waals surface area contributed by atoms with Gasteiger partial charge in [0.25, 0.3) is 0 Å². The monoisotopic (exact) mass is 324 g/mol. The molecule has 0 aliphatic carbocycles. The molecule has 0 radical (unpaired) electrons. The molecule has 2 atom stereocenters. The Morgan fingerprint density at radius 1 is 0.708 bits per heavy atom. The lowest BCUT2D eigenvalue weighted by Crippen LogP contribution is -2.23. The van der Waals surface area contributed by atoms with Gasteiger partial charge >= 0.3 is 0 Å². The van der Waals surface area contributed by atoms with Crippen molar-refractivity contribution in [3.05, 3.63) is 60.7 Å². The lowest BCUT2D eigenvalue weighted by atomic mass is 9.89. The Labute approximate surface area is 143 Å². The quantitative estimate of drug-likeness (QED) is 0.797. The largest absolute Gasteiger partial charge is 0.326 e. The van der Waals surface area contributed by atoms with Crippen LogP contribution in [0.3, 0.4) is 0 Å². The predicted octanol–water partition coefficient (Wildman–Crippen LogP) is 4.32. The van der Waals surface area contributed by atoms with Gasteiger partial charge in [0.15, 0.2) is 0 Å². The number of anilines is 2. The number of para-hydroxylation sites is 2. The van der Waals surface area contributed by atoms with Gasteiger partial charge in [-0.2, -0.15) is 0 Å². The highest BCUT2D eigenvalue weighted by atomic mass is 16.2. The van der Waals surface area contributed by atoms with Crippen molar-refractivity contribution in [3.8, 4) is 0 Å². The Balaban J connectivity index is 1.78. The van der Waals surface area contributed by atoms with Crippen LogP contribution in [0.5, 0.6) is 0 Å². The minimum Gasteiger partial charge on any atom is -0.326 e. The van der Waals surface area contributed by atoms with E-state index in [1.807, 2.05) is 74.5 Å². The first-order valence-electron chi connectivity index (χ1n) is 8.24. The summed E-state index contributed by atoms with van der Waals surface area (Å²) in [5.41, 5.74) is 1.59. The van der Waals surface area contributed by atoms with E-state index in [1.165, 1.54) is 0 Å². The molecule has 4 nitrogen and oxygen atoms in total. The normalized spacial score (nSPS) is 12.9. The van der Waals surface area contributed by atoms with Gasteiger partial charge in [0.05, 0.1) is 0 Å². The molecule has 0 saturated heterocycles. The van der Waals surface area contributed by atoms with Gasteiger partial charge in [-0.3, -0.25) is 9.59 Å². The third kappa shape index (κ3) is 5.88. The Kier molecular flexibility index (Phi) is 6.55. The predicted molar refractivity (Wildman–Crippen MR) is 97.7 cm³/mol. The molecule has 2 amide bonds. The highest BCUT2D eigenvalue weighted by molar-refractivity contribution is 5.92. The zero-order valence-electron chi connectivity index (χ0n) is 14.2. The van der Waals surface area contributed by atoms with Crippen molar-refractivity contribution in [2.75, 3.05) is 10.6 Å². The minimum atomic E-state index is -0.0241. The summed E-state index contributed by atoms with van der Waals surface area (Å²) in [6.07, 6.45) is 0.795. The maximum Gasteiger partial charge on any atom is 0.224 e. The Morgan fingerprint density at radius 3 is 1.38 bits per heavy atom. The summed E-state index contributed by atoms with van der Waals surface area (Å²) >= 11 is 0. The van der Waals surface area contributed by atoms with Crippen LogP contribution < -0.4 is 10.6 Å². The fourth-order valence-electron chi connectivity index (χ4n) is 2.45. The van der Waals surface area contributed by atoms with E-state index in [9.17, 15) is 9.59 Å². The molecule has 0 saturated carbocycles. The van der Waals surface area contributed by atoms with Crippen molar-refractivity contribution in [1.29, 1.82) is 0 Å². The summed E-state index contributed by atoms with van der Waals surface area (Å²) in [5, 5.41) is 5.76. The molecule has 0 heterocycles. The summed E-state index contributed by atoms with van der Waals surface area (Å²) in [6.45, 7) is 4.01. The number of benzene rings is 2. The third-order valence-corrected chi connectivity index (χ3v) is 4.10. The van der Waals surface area contributed by atoms with Crippen LogP contribution >= 0.6 is 0 Å². The lowest BCUT2D eigenvalue weighted by Gasteiger charge is -2.19. The SMILES string of the molecule is CC(CC(=O)Nc1ccccc1)C(C)CC(=O)Nc1ccccc1. The highest BCUT2D eigenvalue weighted by Crippen LogP contribution is 2.20. The molecular formula is C20H24N2O2. The smallest absolute Gasteiger partial charge is 0.224 e. The van der Waals surface area contributed by atoms with E-state index in [2.05, 4.69) is 10.6 Å². The Hall–Kier alpha value is -2.62. The van der Waals surface area contributed by atoms with Gasteiger partial charge in [0.2, 0.25) is 11.8 Å². The first-order valence-corrected chi connectivity index (χ1v) is 8.24. The maximum atomic E-state index is 12.1. The van der Waals surface area contributed by atoms with Crippen LogP contribution in [0.25, 0.3) is 0 Å². The van der Waals surface area contributed by atoms with Gasteiger partial charge in [-0.15, -0.1) is 0 Å². The second-order valence-electron chi connectivity index (χ2n) is 6.19. The number of nitrogens with one attached hydrogen (secondary N) is 2. The summed E-state index contributed by atoms with van der Waals surface area (Å²) in [6, 6.07) is 18.8. The molecule has 0 bridgehead atoms. The van der Waals surface area contributed by atoms with Crippen molar-refractivity contribution in [3.63, 3.8) is 0 Å². The third-order valence-electron chi connectivity index (χ3n) is 4.10. The first-order chi connectivity index (χ1) is 11.5. The van der Waals surface area contributed by atoms with Gasteiger partial charge in [-0.25, -0.2) is 0 Å². The number of carbonyl (C=O) groups is 2. The lowest BCUT2D eigenvalue weighted by molar-refractivity contribution is -0.119. The van der Waals surface area contributed by atoms with E-state index in [-0.39, 0.29) is 23.7 Å². The summed E-state index contributed by atoms with van der Waals surface area (Å²) in [5.74, 6) is 0.193. The number of hydrogen-bond acceptors (Lipinski definition) is 2. The zero-order chi connectivity index (χ0) is 17.4. The second kappa shape index (κ2) is 8.87. The molecule has 2 rings (SSSR count). The molecule has 0 fully saturated rings. The van der Waals surface area contributed by atoms with Crippen LogP contribution in [0, 0.1) is 11.8 Å². The fraction of sp³-hybridized carbons (Fsp3) is 0.300. The summed E-state index contributed by atoms with van der Waals surface area (Å²) < 4.78 is 0. The molecule has 2 N–H and O–H groups in total. The van der Waals surface area contributed by atoms with E-state index in [1.54, 1.807) is 0 Å². The molecule has 4 heteroatoms. The van der Waals surface area contributed by atoms with E-state index in [0.29, 0.717) is 12.8 Å². The number of carbonyl (C=O) groups excluding carboxylic acids is 2. The number of amides is 2. The molecule has 24 heavy (non-hydrogen) atoms. The first kappa shape index (κ1) is 17.7. The van der Waals surface area contributed by atoms with Crippen molar-refractivity contribution >= 4 is 23.2 Å². The average molecular weight is 324 g/mol. The molecule has 126 valence electrons. The molecule has 0 spiro atoms. The van der Waals surface area contributed by atoms with Crippen LogP contribution in [-0.4, -0.2) is 11.8 Å². The van der Waals surface area contributed by atoms with Gasteiger partial charge in [-0.05, 0) is 36.1 Å². The van der Waals surface area contributed by atoms with E-state index < -0.39 is 0 Å². The van der Waals surface area contributed by atoms with Crippen molar-refractivity contribution in [2.45, 2.75) is 26.7 Å². The molecule has 2 unspecified atom stereocenters. The topological polar surface area (TPSA) is 58.2 Å². The van der Waals surface area contributed by atoms with E-state index >= 15 is 0 Å². The average Bonchev–Trinajstić information content (AvgIpc) is 2.56. The van der Waals surface area contributed by atoms with E-state index in [0.717, 1.165) is 11.4 Å². The summed E-state index contributed by atoms with van der Waals surface area (Å²) in [4.78, 5) is 24.2. The van der Waals surface area contributed by atoms with Crippen LogP contribution in [-0.2, 0) is 9.59 Å². The maximum absolute atomic E-state index is 12.1. The second-order valence-corrected chi connectivity index (χ2v) is 6.19. The van der Waals surface area contributed by atoms with Gasteiger partial charge in [0.1, 0.15) is 0 Å². The summed E-state index contributed by atoms with van der Waals surface area (Å²) in [7, 11) is 0. The Bertz CT molecular complexity index is 596.